The van der Waals surface area contributed by atoms with Gasteiger partial charge in [0.1, 0.15) is 5.75 Å². The van der Waals surface area contributed by atoms with E-state index in [0.717, 1.165) is 46.7 Å². The summed E-state index contributed by atoms with van der Waals surface area (Å²) in [7, 11) is 1.65. The molecule has 0 aliphatic heterocycles. The lowest BCUT2D eigenvalue weighted by molar-refractivity contribution is -0.00901. The maximum absolute atomic E-state index is 11.7. The van der Waals surface area contributed by atoms with Crippen LogP contribution >= 0.6 is 0 Å². The van der Waals surface area contributed by atoms with Gasteiger partial charge in [0.15, 0.2) is 17.5 Å². The van der Waals surface area contributed by atoms with Gasteiger partial charge in [0.2, 0.25) is 0 Å². The van der Waals surface area contributed by atoms with Gasteiger partial charge in [0, 0.05) is 17.1 Å². The molecule has 1 aromatic heterocycles. The molecule has 36 heavy (non-hydrogen) atoms. The fourth-order valence-corrected chi connectivity index (χ4v) is 4.85. The highest BCUT2D eigenvalue weighted by molar-refractivity contribution is 5.74. The first kappa shape index (κ1) is 23.9. The third kappa shape index (κ3) is 4.79. The van der Waals surface area contributed by atoms with Crippen LogP contribution in [-0.2, 0) is 5.60 Å². The lowest BCUT2D eigenvalue weighted by Gasteiger charge is -2.35. The van der Waals surface area contributed by atoms with Crippen molar-refractivity contribution in [3.8, 4) is 17.1 Å². The smallest absolute Gasteiger partial charge is 0.164 e. The summed E-state index contributed by atoms with van der Waals surface area (Å²) in [5, 5.41) is 11.7. The number of ether oxygens (including phenoxy) is 1. The van der Waals surface area contributed by atoms with Gasteiger partial charge in [0.25, 0.3) is 0 Å². The first-order chi connectivity index (χ1) is 17.6. The molecule has 2 atom stereocenters. The molecule has 0 radical (unpaired) electrons. The quantitative estimate of drug-likeness (QED) is 0.419. The molecule has 0 bridgehead atoms. The molecular formula is C31H31N3O2. The van der Waals surface area contributed by atoms with Crippen LogP contribution < -0.4 is 4.74 Å². The minimum atomic E-state index is -0.969. The molecule has 3 aromatic rings. The SMILES string of the molecule is CCC(O)(c1ccc(OC)cc1)C1C=CC(c2nc(C3=CC=CCC3)nc(-c3ccccc3)n2)=CC1. The number of nitrogens with zero attached hydrogens (tertiary/aromatic N) is 3. The van der Waals surface area contributed by atoms with Crippen molar-refractivity contribution in [2.45, 2.75) is 38.2 Å². The number of hydrogen-bond donors (Lipinski definition) is 1. The van der Waals surface area contributed by atoms with E-state index in [-0.39, 0.29) is 5.92 Å². The molecular weight excluding hydrogens is 446 g/mol. The van der Waals surface area contributed by atoms with Gasteiger partial charge < -0.3 is 9.84 Å². The Bertz CT molecular complexity index is 1340. The Hall–Kier alpha value is -3.83. The molecule has 5 rings (SSSR count). The second kappa shape index (κ2) is 10.4. The third-order valence-electron chi connectivity index (χ3n) is 7.07. The molecule has 5 heteroatoms. The average Bonchev–Trinajstić information content (AvgIpc) is 2.97. The predicted octanol–water partition coefficient (Wildman–Crippen LogP) is 6.54. The Kier molecular flexibility index (Phi) is 6.92. The Morgan fingerprint density at radius 3 is 2.36 bits per heavy atom. The van der Waals surface area contributed by atoms with Crippen molar-refractivity contribution in [1.82, 2.24) is 15.0 Å². The van der Waals surface area contributed by atoms with Crippen molar-refractivity contribution in [2.24, 2.45) is 5.92 Å². The fourth-order valence-electron chi connectivity index (χ4n) is 4.85. The van der Waals surface area contributed by atoms with E-state index in [2.05, 4.69) is 30.4 Å². The molecule has 1 heterocycles. The zero-order chi connectivity index (χ0) is 25.0. The number of rotatable bonds is 7. The number of aromatic nitrogens is 3. The predicted molar refractivity (Wildman–Crippen MR) is 144 cm³/mol. The van der Waals surface area contributed by atoms with Gasteiger partial charge in [-0.15, -0.1) is 0 Å². The van der Waals surface area contributed by atoms with Crippen LogP contribution in [0.3, 0.4) is 0 Å². The third-order valence-corrected chi connectivity index (χ3v) is 7.07. The van der Waals surface area contributed by atoms with Gasteiger partial charge in [-0.25, -0.2) is 15.0 Å². The van der Waals surface area contributed by atoms with Crippen LogP contribution in [0.5, 0.6) is 5.75 Å². The number of allylic oxidation sites excluding steroid dienone is 7. The number of benzene rings is 2. The van der Waals surface area contributed by atoms with Crippen LogP contribution in [0.1, 0.15) is 49.8 Å². The molecule has 182 valence electrons. The zero-order valence-corrected chi connectivity index (χ0v) is 20.8. The highest BCUT2D eigenvalue weighted by Gasteiger charge is 2.36. The number of methoxy groups -OCH3 is 1. The lowest BCUT2D eigenvalue weighted by Crippen LogP contribution is -2.34. The highest BCUT2D eigenvalue weighted by Crippen LogP contribution is 2.40. The van der Waals surface area contributed by atoms with Crippen molar-refractivity contribution in [1.29, 1.82) is 0 Å². The van der Waals surface area contributed by atoms with E-state index in [1.54, 1.807) is 7.11 Å². The van der Waals surface area contributed by atoms with Crippen molar-refractivity contribution >= 4 is 11.1 Å². The van der Waals surface area contributed by atoms with E-state index in [1.807, 2.05) is 67.6 Å². The molecule has 0 amide bonds. The summed E-state index contributed by atoms with van der Waals surface area (Å²) < 4.78 is 5.29. The van der Waals surface area contributed by atoms with Gasteiger partial charge in [-0.2, -0.15) is 0 Å². The minimum Gasteiger partial charge on any atom is -0.497 e. The van der Waals surface area contributed by atoms with Crippen molar-refractivity contribution in [3.63, 3.8) is 0 Å². The van der Waals surface area contributed by atoms with Crippen LogP contribution in [0.2, 0.25) is 0 Å². The number of aliphatic hydroxyl groups is 1. The molecule has 0 spiro atoms. The maximum atomic E-state index is 11.7. The first-order valence-corrected chi connectivity index (χ1v) is 12.5. The maximum Gasteiger partial charge on any atom is 0.164 e. The molecule has 2 aliphatic carbocycles. The largest absolute Gasteiger partial charge is 0.497 e. The monoisotopic (exact) mass is 477 g/mol. The summed E-state index contributed by atoms with van der Waals surface area (Å²) in [5.74, 6) is 2.78. The van der Waals surface area contributed by atoms with Crippen LogP contribution in [0.15, 0.2) is 91.1 Å². The van der Waals surface area contributed by atoms with E-state index in [1.165, 1.54) is 0 Å². The minimum absolute atomic E-state index is 0.0549. The van der Waals surface area contributed by atoms with Crippen LogP contribution in [0, 0.1) is 5.92 Å². The normalized spacial score (nSPS) is 18.8. The fraction of sp³-hybridized carbons (Fsp3) is 0.258. The van der Waals surface area contributed by atoms with Crippen molar-refractivity contribution < 1.29 is 9.84 Å². The van der Waals surface area contributed by atoms with Crippen LogP contribution in [0.4, 0.5) is 0 Å². The average molecular weight is 478 g/mol. The zero-order valence-electron chi connectivity index (χ0n) is 20.8. The molecule has 2 aliphatic rings. The standard InChI is InChI=1S/C31H31N3O2/c1-3-31(35,26-18-20-27(36-2)21-19-26)25-16-14-24(15-17-25)30-33-28(22-10-6-4-7-11-22)32-29(34-30)23-12-8-5-9-13-23/h4-8,10-12,14-16,18-21,25,35H,3,9,13,17H2,1-2H3. The molecule has 2 aromatic carbocycles. The highest BCUT2D eigenvalue weighted by atomic mass is 16.5. The topological polar surface area (TPSA) is 68.1 Å². The van der Waals surface area contributed by atoms with Gasteiger partial charge in [-0.3, -0.25) is 0 Å². The van der Waals surface area contributed by atoms with Gasteiger partial charge >= 0.3 is 0 Å². The molecule has 2 unspecified atom stereocenters. The Morgan fingerprint density at radius 2 is 1.72 bits per heavy atom. The summed E-state index contributed by atoms with van der Waals surface area (Å²) in [6.45, 7) is 2.02. The van der Waals surface area contributed by atoms with Crippen molar-refractivity contribution in [3.05, 3.63) is 108 Å². The summed E-state index contributed by atoms with van der Waals surface area (Å²) >= 11 is 0. The van der Waals surface area contributed by atoms with Crippen molar-refractivity contribution in [2.75, 3.05) is 7.11 Å². The first-order valence-electron chi connectivity index (χ1n) is 12.5. The van der Waals surface area contributed by atoms with E-state index in [4.69, 9.17) is 19.7 Å². The van der Waals surface area contributed by atoms with Gasteiger partial charge in [-0.1, -0.05) is 85.8 Å². The molecule has 0 saturated heterocycles. The number of hydrogen-bond acceptors (Lipinski definition) is 5. The van der Waals surface area contributed by atoms with Gasteiger partial charge in [0.05, 0.1) is 12.7 Å². The Morgan fingerprint density at radius 1 is 0.972 bits per heavy atom. The molecule has 5 nitrogen and oxygen atoms in total. The summed E-state index contributed by atoms with van der Waals surface area (Å²) in [6.07, 6.45) is 15.8. The van der Waals surface area contributed by atoms with E-state index >= 15 is 0 Å². The summed E-state index contributed by atoms with van der Waals surface area (Å²) in [6, 6.07) is 17.7. The van der Waals surface area contributed by atoms with Gasteiger partial charge in [-0.05, 0) is 49.0 Å². The van der Waals surface area contributed by atoms with Crippen LogP contribution in [-0.4, -0.2) is 27.2 Å². The molecule has 0 fully saturated rings. The Balaban J connectivity index is 1.47. The molecule has 0 saturated carbocycles. The Labute approximate surface area is 212 Å². The van der Waals surface area contributed by atoms with E-state index in [9.17, 15) is 5.11 Å². The molecule has 1 N–H and O–H groups in total. The second-order valence-electron chi connectivity index (χ2n) is 9.20. The second-order valence-corrected chi connectivity index (χ2v) is 9.20. The summed E-state index contributed by atoms with van der Waals surface area (Å²) in [4.78, 5) is 14.5. The van der Waals surface area contributed by atoms with Crippen LogP contribution in [0.25, 0.3) is 22.5 Å². The summed E-state index contributed by atoms with van der Waals surface area (Å²) in [5.41, 5.74) is 2.96. The van der Waals surface area contributed by atoms with E-state index in [0.29, 0.717) is 24.5 Å². The van der Waals surface area contributed by atoms with E-state index < -0.39 is 5.60 Å². The lowest BCUT2D eigenvalue weighted by atomic mass is 9.75.